The lowest BCUT2D eigenvalue weighted by Gasteiger charge is -2.29. The fourth-order valence-corrected chi connectivity index (χ4v) is 2.14. The molecule has 1 fully saturated rings. The Kier molecular flexibility index (Phi) is 4.35. The summed E-state index contributed by atoms with van der Waals surface area (Å²) >= 11 is 0. The van der Waals surface area contributed by atoms with Crippen LogP contribution in [0, 0.1) is 0 Å². The second-order valence-corrected chi connectivity index (χ2v) is 3.84. The molecule has 0 bridgehead atoms. The van der Waals surface area contributed by atoms with Crippen LogP contribution in [0.2, 0.25) is 0 Å². The first-order valence-electron chi connectivity index (χ1n) is 5.29. The Labute approximate surface area is 84.5 Å². The first-order chi connectivity index (χ1) is 6.65. The quantitative estimate of drug-likeness (QED) is 0.687. The number of carboxylic acids is 1. The fourth-order valence-electron chi connectivity index (χ4n) is 2.14. The van der Waals surface area contributed by atoms with Crippen LogP contribution in [0.25, 0.3) is 0 Å². The highest BCUT2D eigenvalue weighted by Crippen LogP contribution is 2.24. The molecule has 4 heteroatoms. The van der Waals surface area contributed by atoms with Gasteiger partial charge in [-0.2, -0.15) is 0 Å². The van der Waals surface area contributed by atoms with E-state index in [-0.39, 0.29) is 18.6 Å². The summed E-state index contributed by atoms with van der Waals surface area (Å²) in [6.07, 6.45) is 2.80. The maximum absolute atomic E-state index is 10.4. The first kappa shape index (κ1) is 11.5. The van der Waals surface area contributed by atoms with Crippen LogP contribution in [-0.2, 0) is 4.79 Å². The van der Waals surface area contributed by atoms with Gasteiger partial charge in [-0.05, 0) is 25.8 Å². The van der Waals surface area contributed by atoms with Crippen LogP contribution in [0.15, 0.2) is 0 Å². The van der Waals surface area contributed by atoms with Gasteiger partial charge in [0.2, 0.25) is 0 Å². The SMILES string of the molecule is CCN(CCC(=O)O)C1CCCC1O. The monoisotopic (exact) mass is 201 g/mol. The van der Waals surface area contributed by atoms with E-state index >= 15 is 0 Å². The molecule has 82 valence electrons. The average Bonchev–Trinajstić information content (AvgIpc) is 2.53. The summed E-state index contributed by atoms with van der Waals surface area (Å²) in [6.45, 7) is 3.37. The van der Waals surface area contributed by atoms with Crippen LogP contribution < -0.4 is 0 Å². The number of likely N-dealkylation sites (N-methyl/N-ethyl adjacent to an activating group) is 1. The van der Waals surface area contributed by atoms with Gasteiger partial charge in [-0.1, -0.05) is 6.92 Å². The van der Waals surface area contributed by atoms with Gasteiger partial charge in [0.15, 0.2) is 0 Å². The van der Waals surface area contributed by atoms with Crippen molar-refractivity contribution in [2.45, 2.75) is 44.8 Å². The summed E-state index contributed by atoms with van der Waals surface area (Å²) in [5, 5.41) is 18.2. The van der Waals surface area contributed by atoms with E-state index in [9.17, 15) is 9.90 Å². The highest BCUT2D eigenvalue weighted by atomic mass is 16.4. The summed E-state index contributed by atoms with van der Waals surface area (Å²) in [6, 6.07) is 0.180. The van der Waals surface area contributed by atoms with Crippen molar-refractivity contribution >= 4 is 5.97 Å². The van der Waals surface area contributed by atoms with Crippen LogP contribution in [0.1, 0.15) is 32.6 Å². The van der Waals surface area contributed by atoms with Crippen molar-refractivity contribution in [2.75, 3.05) is 13.1 Å². The van der Waals surface area contributed by atoms with E-state index in [0.717, 1.165) is 25.8 Å². The van der Waals surface area contributed by atoms with Crippen molar-refractivity contribution in [1.29, 1.82) is 0 Å². The Morgan fingerprint density at radius 2 is 2.21 bits per heavy atom. The summed E-state index contributed by atoms with van der Waals surface area (Å²) in [4.78, 5) is 12.5. The van der Waals surface area contributed by atoms with Crippen LogP contribution in [-0.4, -0.2) is 46.3 Å². The Hall–Kier alpha value is -0.610. The summed E-state index contributed by atoms with van der Waals surface area (Å²) in [7, 11) is 0. The van der Waals surface area contributed by atoms with Gasteiger partial charge in [0, 0.05) is 12.6 Å². The van der Waals surface area contributed by atoms with Crippen molar-refractivity contribution in [3.63, 3.8) is 0 Å². The van der Waals surface area contributed by atoms with Crippen molar-refractivity contribution in [2.24, 2.45) is 0 Å². The molecule has 4 nitrogen and oxygen atoms in total. The maximum atomic E-state index is 10.4. The van der Waals surface area contributed by atoms with Gasteiger partial charge in [0.05, 0.1) is 12.5 Å². The number of aliphatic hydroxyl groups excluding tert-OH is 1. The number of carboxylic acid groups (broad SMARTS) is 1. The van der Waals surface area contributed by atoms with Crippen LogP contribution in [0.5, 0.6) is 0 Å². The van der Waals surface area contributed by atoms with Gasteiger partial charge in [-0.3, -0.25) is 9.69 Å². The lowest BCUT2D eigenvalue weighted by atomic mass is 10.1. The highest BCUT2D eigenvalue weighted by molar-refractivity contribution is 5.66. The number of nitrogens with zero attached hydrogens (tertiary/aromatic N) is 1. The molecule has 0 saturated heterocycles. The summed E-state index contributed by atoms with van der Waals surface area (Å²) < 4.78 is 0. The van der Waals surface area contributed by atoms with Gasteiger partial charge in [0.25, 0.3) is 0 Å². The fraction of sp³-hybridized carbons (Fsp3) is 0.900. The number of aliphatic hydroxyl groups is 1. The zero-order valence-corrected chi connectivity index (χ0v) is 8.65. The van der Waals surface area contributed by atoms with Crippen LogP contribution in [0.4, 0.5) is 0 Å². The molecule has 0 amide bonds. The Morgan fingerprint density at radius 1 is 1.50 bits per heavy atom. The molecule has 0 aliphatic heterocycles. The standard InChI is InChI=1S/C10H19NO3/c1-2-11(7-6-10(13)14)8-4-3-5-9(8)12/h8-9,12H,2-7H2,1H3,(H,13,14). The Morgan fingerprint density at radius 3 is 2.64 bits per heavy atom. The Bertz CT molecular complexity index is 196. The van der Waals surface area contributed by atoms with Crippen molar-refractivity contribution in [3.05, 3.63) is 0 Å². The van der Waals surface area contributed by atoms with E-state index in [4.69, 9.17) is 5.11 Å². The molecule has 2 N–H and O–H groups in total. The molecule has 14 heavy (non-hydrogen) atoms. The maximum Gasteiger partial charge on any atom is 0.304 e. The third-order valence-corrected chi connectivity index (χ3v) is 2.93. The molecular weight excluding hydrogens is 182 g/mol. The average molecular weight is 201 g/mol. The number of aliphatic carboxylic acids is 1. The Balaban J connectivity index is 2.40. The number of hydrogen-bond acceptors (Lipinski definition) is 3. The van der Waals surface area contributed by atoms with Gasteiger partial charge >= 0.3 is 5.97 Å². The number of hydrogen-bond donors (Lipinski definition) is 2. The van der Waals surface area contributed by atoms with E-state index in [1.165, 1.54) is 0 Å². The smallest absolute Gasteiger partial charge is 0.304 e. The van der Waals surface area contributed by atoms with Crippen molar-refractivity contribution in [1.82, 2.24) is 4.90 Å². The third-order valence-electron chi connectivity index (χ3n) is 2.93. The van der Waals surface area contributed by atoms with Gasteiger partial charge in [-0.25, -0.2) is 0 Å². The third kappa shape index (κ3) is 2.96. The minimum Gasteiger partial charge on any atom is -0.481 e. The predicted molar refractivity (Wildman–Crippen MR) is 53.1 cm³/mol. The predicted octanol–water partition coefficient (Wildman–Crippen LogP) is 0.696. The number of carbonyl (C=O) groups is 1. The van der Waals surface area contributed by atoms with E-state index in [1.807, 2.05) is 6.92 Å². The zero-order chi connectivity index (χ0) is 10.6. The zero-order valence-electron chi connectivity index (χ0n) is 8.65. The minimum absolute atomic E-state index is 0.164. The van der Waals surface area contributed by atoms with Gasteiger partial charge in [0.1, 0.15) is 0 Å². The van der Waals surface area contributed by atoms with Gasteiger partial charge < -0.3 is 10.2 Å². The lowest BCUT2D eigenvalue weighted by molar-refractivity contribution is -0.137. The molecular formula is C10H19NO3. The molecule has 2 atom stereocenters. The molecule has 0 heterocycles. The molecule has 0 radical (unpaired) electrons. The van der Waals surface area contributed by atoms with E-state index in [0.29, 0.717) is 6.54 Å². The number of rotatable bonds is 5. The van der Waals surface area contributed by atoms with E-state index in [2.05, 4.69) is 4.90 Å². The molecule has 0 spiro atoms. The normalized spacial score (nSPS) is 27.1. The topological polar surface area (TPSA) is 60.8 Å². The van der Waals surface area contributed by atoms with E-state index in [1.54, 1.807) is 0 Å². The summed E-state index contributed by atoms with van der Waals surface area (Å²) in [5.41, 5.74) is 0. The molecule has 0 aromatic heterocycles. The molecule has 1 aliphatic carbocycles. The molecule has 1 saturated carbocycles. The first-order valence-corrected chi connectivity index (χ1v) is 5.29. The highest BCUT2D eigenvalue weighted by Gasteiger charge is 2.29. The molecule has 1 rings (SSSR count). The molecule has 1 aliphatic rings. The molecule has 0 aromatic carbocycles. The molecule has 0 aromatic rings. The second kappa shape index (κ2) is 5.32. The van der Waals surface area contributed by atoms with Crippen LogP contribution >= 0.6 is 0 Å². The molecule has 2 unspecified atom stereocenters. The van der Waals surface area contributed by atoms with Crippen molar-refractivity contribution < 1.29 is 15.0 Å². The summed E-state index contributed by atoms with van der Waals surface area (Å²) in [5.74, 6) is -0.768. The lowest BCUT2D eigenvalue weighted by Crippen LogP contribution is -2.41. The van der Waals surface area contributed by atoms with Gasteiger partial charge in [-0.15, -0.1) is 0 Å². The van der Waals surface area contributed by atoms with E-state index < -0.39 is 5.97 Å². The largest absolute Gasteiger partial charge is 0.481 e. The second-order valence-electron chi connectivity index (χ2n) is 3.84. The minimum atomic E-state index is -0.768. The van der Waals surface area contributed by atoms with Crippen LogP contribution in [0.3, 0.4) is 0 Å². The van der Waals surface area contributed by atoms with Crippen molar-refractivity contribution in [3.8, 4) is 0 Å².